The summed E-state index contributed by atoms with van der Waals surface area (Å²) >= 11 is 3.48. The minimum absolute atomic E-state index is 0.0513. The van der Waals surface area contributed by atoms with Crippen LogP contribution in [0.1, 0.15) is 32.1 Å². The van der Waals surface area contributed by atoms with Gasteiger partial charge >= 0.3 is 6.03 Å². The first-order valence-electron chi connectivity index (χ1n) is 11.8. The van der Waals surface area contributed by atoms with Gasteiger partial charge in [-0.05, 0) is 72.8 Å². The Balaban J connectivity index is 1.26. The lowest BCUT2D eigenvalue weighted by Crippen LogP contribution is -2.41. The van der Waals surface area contributed by atoms with Gasteiger partial charge in [0.2, 0.25) is 11.9 Å². The fourth-order valence-electron chi connectivity index (χ4n) is 4.02. The molecule has 2 saturated heterocycles. The fraction of sp³-hybridized carbons (Fsp3) is 0.478. The molecule has 2 fully saturated rings. The van der Waals surface area contributed by atoms with Gasteiger partial charge in [0.1, 0.15) is 5.82 Å². The zero-order valence-electron chi connectivity index (χ0n) is 19.1. The van der Waals surface area contributed by atoms with Crippen LogP contribution in [0.5, 0.6) is 0 Å². The molecule has 1 aromatic carbocycles. The highest BCUT2D eigenvalue weighted by atomic mass is 79.9. The number of nitrogens with zero attached hydrogens (tertiary/aromatic N) is 3. The maximum atomic E-state index is 12.3. The summed E-state index contributed by atoms with van der Waals surface area (Å²) in [5, 5.41) is 15.6. The Labute approximate surface area is 207 Å². The molecule has 3 heterocycles. The molecule has 2 aliphatic heterocycles. The van der Waals surface area contributed by atoms with Gasteiger partial charge in [-0.15, -0.1) is 0 Å². The monoisotopic (exact) mass is 530 g/mol. The van der Waals surface area contributed by atoms with Crippen molar-refractivity contribution in [3.8, 4) is 0 Å². The molecular weight excluding hydrogens is 500 g/mol. The van der Waals surface area contributed by atoms with Gasteiger partial charge in [-0.1, -0.05) is 6.07 Å². The van der Waals surface area contributed by atoms with Crippen molar-refractivity contribution in [2.75, 3.05) is 48.7 Å². The van der Waals surface area contributed by atoms with Crippen molar-refractivity contribution < 1.29 is 9.59 Å². The molecule has 5 N–H and O–H groups in total. The second kappa shape index (κ2) is 12.0. The zero-order valence-corrected chi connectivity index (χ0v) is 20.7. The predicted octanol–water partition coefficient (Wildman–Crippen LogP) is 3.28. The van der Waals surface area contributed by atoms with E-state index in [9.17, 15) is 9.59 Å². The van der Waals surface area contributed by atoms with E-state index in [4.69, 9.17) is 0 Å². The molecule has 0 radical (unpaired) electrons. The Morgan fingerprint density at radius 1 is 1.15 bits per heavy atom. The molecule has 3 amide bonds. The summed E-state index contributed by atoms with van der Waals surface area (Å²) in [7, 11) is 0. The number of halogens is 1. The fourth-order valence-corrected chi connectivity index (χ4v) is 4.35. The van der Waals surface area contributed by atoms with Gasteiger partial charge < -0.3 is 31.5 Å². The standard InChI is InChI=1S/C23H31BrN8O2/c24-18-15-28-22(31-20(18)26-10-5-11-27-21(33)19-8-4-9-25-19)29-16-6-3-7-17(14-16)30-23(34)32-12-1-2-13-32/h3,6-7,14-15,19,25H,1-2,4-5,8-13H2,(H,27,33)(H,30,34)(H2,26,28,29,31)/t19-/m0/s1. The molecule has 0 bridgehead atoms. The van der Waals surface area contributed by atoms with Crippen molar-refractivity contribution in [3.05, 3.63) is 34.9 Å². The number of hydrogen-bond donors (Lipinski definition) is 5. The van der Waals surface area contributed by atoms with Crippen LogP contribution in [0.2, 0.25) is 0 Å². The van der Waals surface area contributed by atoms with Crippen molar-refractivity contribution in [3.63, 3.8) is 0 Å². The highest BCUT2D eigenvalue weighted by molar-refractivity contribution is 9.10. The number of nitrogens with one attached hydrogen (secondary N) is 5. The van der Waals surface area contributed by atoms with Crippen LogP contribution in [0.15, 0.2) is 34.9 Å². The molecule has 0 aliphatic carbocycles. The van der Waals surface area contributed by atoms with Gasteiger partial charge in [0.15, 0.2) is 0 Å². The summed E-state index contributed by atoms with van der Waals surface area (Å²) in [6.07, 6.45) is 6.52. The molecule has 4 rings (SSSR count). The average molecular weight is 531 g/mol. The molecule has 1 aromatic heterocycles. The first-order valence-corrected chi connectivity index (χ1v) is 12.6. The predicted molar refractivity (Wildman–Crippen MR) is 136 cm³/mol. The molecule has 0 unspecified atom stereocenters. The first kappa shape index (κ1) is 24.2. The quantitative estimate of drug-likeness (QED) is 0.315. The number of urea groups is 1. The Bertz CT molecular complexity index is 993. The van der Waals surface area contributed by atoms with Crippen molar-refractivity contribution in [2.24, 2.45) is 0 Å². The lowest BCUT2D eigenvalue weighted by Gasteiger charge is -2.16. The third-order valence-corrected chi connectivity index (χ3v) is 6.41. The van der Waals surface area contributed by atoms with Crippen LogP contribution in [0.4, 0.5) is 27.9 Å². The molecule has 11 heteroatoms. The first-order chi connectivity index (χ1) is 16.6. The molecule has 0 saturated carbocycles. The van der Waals surface area contributed by atoms with Crippen LogP contribution in [0.3, 0.4) is 0 Å². The van der Waals surface area contributed by atoms with E-state index >= 15 is 0 Å². The SMILES string of the molecule is O=C(NCCCNc1nc(Nc2cccc(NC(=O)N3CCCC3)c2)ncc1Br)[C@@H]1CCCN1. The number of benzene rings is 1. The van der Waals surface area contributed by atoms with E-state index < -0.39 is 0 Å². The minimum Gasteiger partial charge on any atom is -0.369 e. The van der Waals surface area contributed by atoms with Gasteiger partial charge in [-0.25, -0.2) is 9.78 Å². The Morgan fingerprint density at radius 3 is 2.76 bits per heavy atom. The summed E-state index contributed by atoms with van der Waals surface area (Å²) in [5.41, 5.74) is 1.49. The Hall–Kier alpha value is -2.92. The van der Waals surface area contributed by atoms with Crippen LogP contribution in [-0.4, -0.2) is 65.6 Å². The molecular formula is C23H31BrN8O2. The van der Waals surface area contributed by atoms with Gasteiger partial charge in [-0.2, -0.15) is 4.98 Å². The van der Waals surface area contributed by atoms with Crippen molar-refractivity contribution >= 4 is 51.0 Å². The number of aromatic nitrogens is 2. The van der Waals surface area contributed by atoms with E-state index in [-0.39, 0.29) is 18.0 Å². The summed E-state index contributed by atoms with van der Waals surface area (Å²) in [5.74, 6) is 1.18. The number of rotatable bonds is 9. The van der Waals surface area contributed by atoms with E-state index in [0.29, 0.717) is 30.5 Å². The van der Waals surface area contributed by atoms with Crippen LogP contribution < -0.4 is 26.6 Å². The average Bonchev–Trinajstić information content (AvgIpc) is 3.56. The number of hydrogen-bond acceptors (Lipinski definition) is 7. The van der Waals surface area contributed by atoms with Gasteiger partial charge in [-0.3, -0.25) is 4.79 Å². The maximum Gasteiger partial charge on any atom is 0.321 e. The smallest absolute Gasteiger partial charge is 0.321 e. The molecule has 1 atom stereocenters. The molecule has 2 aliphatic rings. The van der Waals surface area contributed by atoms with Crippen molar-refractivity contribution in [1.29, 1.82) is 0 Å². The number of amides is 3. The lowest BCUT2D eigenvalue weighted by molar-refractivity contribution is -0.122. The van der Waals surface area contributed by atoms with E-state index in [1.54, 1.807) is 6.20 Å². The van der Waals surface area contributed by atoms with E-state index in [2.05, 4.69) is 52.5 Å². The van der Waals surface area contributed by atoms with Gasteiger partial charge in [0.05, 0.1) is 10.5 Å². The van der Waals surface area contributed by atoms with E-state index in [1.165, 1.54) is 0 Å². The normalized spacial score (nSPS) is 17.4. The lowest BCUT2D eigenvalue weighted by atomic mass is 10.2. The minimum atomic E-state index is -0.0725. The topological polar surface area (TPSA) is 123 Å². The van der Waals surface area contributed by atoms with Crippen LogP contribution in [0.25, 0.3) is 0 Å². The Morgan fingerprint density at radius 2 is 1.97 bits per heavy atom. The molecule has 10 nitrogen and oxygen atoms in total. The van der Waals surface area contributed by atoms with Gasteiger partial charge in [0, 0.05) is 43.8 Å². The summed E-state index contributed by atoms with van der Waals surface area (Å²) in [4.78, 5) is 35.1. The third-order valence-electron chi connectivity index (χ3n) is 5.83. The molecule has 0 spiro atoms. The van der Waals surface area contributed by atoms with Crippen LogP contribution in [0, 0.1) is 0 Å². The number of carbonyl (C=O) groups excluding carboxylic acids is 2. The third kappa shape index (κ3) is 6.80. The van der Waals surface area contributed by atoms with Crippen molar-refractivity contribution in [2.45, 2.75) is 38.1 Å². The summed E-state index contributed by atoms with van der Waals surface area (Å²) in [6, 6.07) is 7.35. The van der Waals surface area contributed by atoms with Crippen molar-refractivity contribution in [1.82, 2.24) is 25.5 Å². The van der Waals surface area contributed by atoms with Crippen LogP contribution in [-0.2, 0) is 4.79 Å². The number of likely N-dealkylation sites (tertiary alicyclic amines) is 1. The highest BCUT2D eigenvalue weighted by Crippen LogP contribution is 2.23. The number of anilines is 4. The summed E-state index contributed by atoms with van der Waals surface area (Å²) < 4.78 is 0.754. The Kier molecular flexibility index (Phi) is 8.53. The molecule has 182 valence electrons. The molecule has 34 heavy (non-hydrogen) atoms. The second-order valence-corrected chi connectivity index (χ2v) is 9.29. The maximum absolute atomic E-state index is 12.3. The van der Waals surface area contributed by atoms with E-state index in [1.807, 2.05) is 29.2 Å². The highest BCUT2D eigenvalue weighted by Gasteiger charge is 2.21. The summed E-state index contributed by atoms with van der Waals surface area (Å²) in [6.45, 7) is 3.78. The van der Waals surface area contributed by atoms with Crippen LogP contribution >= 0.6 is 15.9 Å². The second-order valence-electron chi connectivity index (χ2n) is 8.44. The molecule has 2 aromatic rings. The zero-order chi connectivity index (χ0) is 23.8. The number of carbonyl (C=O) groups is 2. The van der Waals surface area contributed by atoms with E-state index in [0.717, 1.165) is 61.9 Å². The largest absolute Gasteiger partial charge is 0.369 e. The van der Waals surface area contributed by atoms with Gasteiger partial charge in [0.25, 0.3) is 0 Å².